The number of hydrogen-bond donors (Lipinski definition) is 1. The van der Waals surface area contributed by atoms with E-state index in [2.05, 4.69) is 11.1 Å². The van der Waals surface area contributed by atoms with Crippen molar-refractivity contribution >= 4 is 34.8 Å². The summed E-state index contributed by atoms with van der Waals surface area (Å²) in [6.07, 6.45) is 0. The van der Waals surface area contributed by atoms with Crippen molar-refractivity contribution in [2.24, 2.45) is 16.6 Å². The molecule has 0 aliphatic carbocycles. The fourth-order valence-electron chi connectivity index (χ4n) is 2.90. The number of nitrogens with zero attached hydrogens (tertiary/aromatic N) is 3. The molecule has 2 heterocycles. The van der Waals surface area contributed by atoms with Crippen LogP contribution in [-0.4, -0.2) is 23.8 Å². The second kappa shape index (κ2) is 6.17. The van der Waals surface area contributed by atoms with Gasteiger partial charge >= 0.3 is 0 Å². The van der Waals surface area contributed by atoms with Gasteiger partial charge in [0.25, 0.3) is 0 Å². The Hall–Kier alpha value is -2.36. The van der Waals surface area contributed by atoms with Crippen LogP contribution in [0, 0.1) is 17.2 Å². The quantitative estimate of drug-likeness (QED) is 0.874. The monoisotopic (exact) mass is 372 g/mol. The van der Waals surface area contributed by atoms with Crippen LogP contribution in [0.2, 0.25) is 5.02 Å². The van der Waals surface area contributed by atoms with Gasteiger partial charge in [0.1, 0.15) is 5.54 Å². The summed E-state index contributed by atoms with van der Waals surface area (Å²) in [5, 5.41) is 11.6. The average Bonchev–Trinajstić information content (AvgIpc) is 3.08. The van der Waals surface area contributed by atoms with Gasteiger partial charge in [0.15, 0.2) is 5.96 Å². The topological polar surface area (TPSA) is 82.5 Å². The molecule has 1 aliphatic heterocycles. The maximum Gasteiger partial charge on any atom is 0.234 e. The minimum atomic E-state index is -0.715. The van der Waals surface area contributed by atoms with Crippen LogP contribution in [0.15, 0.2) is 34.6 Å². The Balaban J connectivity index is 2.06. The van der Waals surface area contributed by atoms with Gasteiger partial charge in [0.05, 0.1) is 17.6 Å². The van der Waals surface area contributed by atoms with E-state index in [0.717, 1.165) is 16.0 Å². The van der Waals surface area contributed by atoms with Crippen LogP contribution in [0.4, 0.5) is 0 Å². The lowest BCUT2D eigenvalue weighted by Gasteiger charge is -2.37. The number of rotatable bonds is 2. The molecule has 1 aliphatic rings. The molecule has 1 amide bonds. The number of halogens is 1. The second-order valence-corrected chi connectivity index (χ2v) is 7.62. The van der Waals surface area contributed by atoms with E-state index in [1.807, 2.05) is 31.4 Å². The average molecular weight is 373 g/mol. The van der Waals surface area contributed by atoms with Crippen molar-refractivity contribution < 1.29 is 4.79 Å². The standard InChI is InChI=1S/C18H17ClN4OS/c1-10-16(24)23(3)17(21)22-18(10,2)15-7-13(9-25-15)12-4-11(8-20)5-14(19)6-12/h4-7,9-10H,1-3H3,(H2,21,22)/t10-,18+/m1/s1. The lowest BCUT2D eigenvalue weighted by Crippen LogP contribution is -2.52. The number of nitrogens with two attached hydrogens (primary N) is 1. The lowest BCUT2D eigenvalue weighted by atomic mass is 9.83. The number of carbonyl (C=O) groups is 1. The molecule has 0 fully saturated rings. The highest BCUT2D eigenvalue weighted by Crippen LogP contribution is 2.42. The third-order valence-corrected chi connectivity index (χ3v) is 6.07. The molecular formula is C18H17ClN4OS. The van der Waals surface area contributed by atoms with Gasteiger partial charge in [-0.25, -0.2) is 4.99 Å². The van der Waals surface area contributed by atoms with Crippen LogP contribution < -0.4 is 5.73 Å². The third kappa shape index (κ3) is 2.90. The molecule has 0 spiro atoms. The molecule has 0 saturated carbocycles. The molecule has 0 unspecified atom stereocenters. The first-order chi connectivity index (χ1) is 11.8. The fraction of sp³-hybridized carbons (Fsp3) is 0.278. The summed E-state index contributed by atoms with van der Waals surface area (Å²) in [4.78, 5) is 19.4. The molecule has 7 heteroatoms. The number of thiophene rings is 1. The molecule has 0 bridgehead atoms. The van der Waals surface area contributed by atoms with Gasteiger partial charge < -0.3 is 5.73 Å². The SMILES string of the molecule is C[C@@H]1C(=O)N(C)C(N)=N[C@]1(C)c1cc(-c2cc(Cl)cc(C#N)c2)cs1. The number of guanidine groups is 1. The van der Waals surface area contributed by atoms with Crippen molar-refractivity contribution in [1.82, 2.24) is 4.90 Å². The molecule has 1 aromatic heterocycles. The minimum Gasteiger partial charge on any atom is -0.369 e. The molecule has 0 saturated heterocycles. The van der Waals surface area contributed by atoms with Crippen molar-refractivity contribution in [1.29, 1.82) is 5.26 Å². The Morgan fingerprint density at radius 2 is 2.08 bits per heavy atom. The molecule has 0 radical (unpaired) electrons. The summed E-state index contributed by atoms with van der Waals surface area (Å²) in [6, 6.07) is 9.34. The highest BCUT2D eigenvalue weighted by atomic mass is 35.5. The van der Waals surface area contributed by atoms with Crippen LogP contribution >= 0.6 is 22.9 Å². The van der Waals surface area contributed by atoms with Gasteiger partial charge in [-0.2, -0.15) is 5.26 Å². The Morgan fingerprint density at radius 1 is 1.36 bits per heavy atom. The number of aliphatic imine (C=N–C) groups is 1. The second-order valence-electron chi connectivity index (χ2n) is 6.28. The van der Waals surface area contributed by atoms with Gasteiger partial charge in [-0.1, -0.05) is 18.5 Å². The van der Waals surface area contributed by atoms with Crippen LogP contribution in [0.1, 0.15) is 24.3 Å². The molecule has 2 N–H and O–H groups in total. The van der Waals surface area contributed by atoms with Crippen LogP contribution in [-0.2, 0) is 10.3 Å². The molecule has 3 rings (SSSR count). The number of carbonyl (C=O) groups excluding carboxylic acids is 1. The van der Waals surface area contributed by atoms with E-state index in [9.17, 15) is 4.79 Å². The summed E-state index contributed by atoms with van der Waals surface area (Å²) >= 11 is 7.62. The molecule has 25 heavy (non-hydrogen) atoms. The van der Waals surface area contributed by atoms with E-state index in [1.54, 1.807) is 19.2 Å². The Kier molecular flexibility index (Phi) is 4.31. The zero-order chi connectivity index (χ0) is 18.4. The molecule has 128 valence electrons. The molecular weight excluding hydrogens is 356 g/mol. The largest absolute Gasteiger partial charge is 0.369 e. The van der Waals surface area contributed by atoms with Crippen LogP contribution in [0.3, 0.4) is 0 Å². The normalized spacial score (nSPS) is 23.3. The zero-order valence-electron chi connectivity index (χ0n) is 14.1. The first-order valence-electron chi connectivity index (χ1n) is 7.69. The summed E-state index contributed by atoms with van der Waals surface area (Å²) in [6.45, 7) is 3.78. The molecule has 2 atom stereocenters. The number of hydrogen-bond acceptors (Lipinski definition) is 5. The molecule has 1 aromatic carbocycles. The van der Waals surface area contributed by atoms with Crippen molar-refractivity contribution in [2.45, 2.75) is 19.4 Å². The third-order valence-electron chi connectivity index (χ3n) is 4.69. The summed E-state index contributed by atoms with van der Waals surface area (Å²) in [7, 11) is 1.63. The zero-order valence-corrected chi connectivity index (χ0v) is 15.6. The van der Waals surface area contributed by atoms with Gasteiger partial charge in [-0.3, -0.25) is 9.69 Å². The summed E-state index contributed by atoms with van der Waals surface area (Å²) in [5.74, 6) is -0.167. The van der Waals surface area contributed by atoms with E-state index in [1.165, 1.54) is 16.2 Å². The predicted octanol–water partition coefficient (Wildman–Crippen LogP) is 3.58. The summed E-state index contributed by atoms with van der Waals surface area (Å²) < 4.78 is 0. The van der Waals surface area contributed by atoms with Crippen LogP contribution in [0.5, 0.6) is 0 Å². The first-order valence-corrected chi connectivity index (χ1v) is 8.95. The van der Waals surface area contributed by atoms with Gasteiger partial charge in [-0.05, 0) is 47.7 Å². The fourth-order valence-corrected chi connectivity index (χ4v) is 4.25. The van der Waals surface area contributed by atoms with Crippen molar-refractivity contribution in [3.8, 4) is 17.2 Å². The lowest BCUT2D eigenvalue weighted by molar-refractivity contribution is -0.133. The van der Waals surface area contributed by atoms with Gasteiger partial charge in [0.2, 0.25) is 5.91 Å². The number of nitriles is 1. The highest BCUT2D eigenvalue weighted by Gasteiger charge is 2.44. The minimum absolute atomic E-state index is 0.0560. The van der Waals surface area contributed by atoms with E-state index in [4.69, 9.17) is 22.6 Å². The highest BCUT2D eigenvalue weighted by molar-refractivity contribution is 7.10. The van der Waals surface area contributed by atoms with E-state index >= 15 is 0 Å². The summed E-state index contributed by atoms with van der Waals surface area (Å²) in [5.41, 5.74) is 7.51. The maximum atomic E-state index is 12.4. The van der Waals surface area contributed by atoms with Crippen molar-refractivity contribution in [3.63, 3.8) is 0 Å². The van der Waals surface area contributed by atoms with E-state index in [-0.39, 0.29) is 17.8 Å². The van der Waals surface area contributed by atoms with Crippen molar-refractivity contribution in [2.75, 3.05) is 7.05 Å². The maximum absolute atomic E-state index is 12.4. The van der Waals surface area contributed by atoms with Crippen LogP contribution in [0.25, 0.3) is 11.1 Å². The molecule has 5 nitrogen and oxygen atoms in total. The number of amides is 1. The Morgan fingerprint density at radius 3 is 2.76 bits per heavy atom. The smallest absolute Gasteiger partial charge is 0.234 e. The Labute approximate surface area is 155 Å². The van der Waals surface area contributed by atoms with E-state index in [0.29, 0.717) is 10.6 Å². The van der Waals surface area contributed by atoms with Gasteiger partial charge in [0, 0.05) is 16.9 Å². The molecule has 2 aromatic rings. The van der Waals surface area contributed by atoms with Crippen molar-refractivity contribution in [3.05, 3.63) is 45.1 Å². The van der Waals surface area contributed by atoms with Gasteiger partial charge in [-0.15, -0.1) is 11.3 Å². The van der Waals surface area contributed by atoms with E-state index < -0.39 is 5.54 Å². The predicted molar refractivity (Wildman–Crippen MR) is 100 cm³/mol. The Bertz CT molecular complexity index is 929. The number of benzene rings is 1. The first kappa shape index (κ1) is 17.5.